The fourth-order valence-corrected chi connectivity index (χ4v) is 2.97. The molecule has 1 aromatic rings. The second-order valence-corrected chi connectivity index (χ2v) is 5.50. The summed E-state index contributed by atoms with van der Waals surface area (Å²) in [5.74, 6) is 0. The molecule has 0 N–H and O–H groups in total. The van der Waals surface area contributed by atoms with E-state index in [1.165, 1.54) is 56.7 Å². The third-order valence-corrected chi connectivity index (χ3v) is 4.18. The number of hydrogen-bond acceptors (Lipinski definition) is 1. The molecule has 0 saturated carbocycles. The molecule has 0 bridgehead atoms. The van der Waals surface area contributed by atoms with Crippen LogP contribution in [0.2, 0.25) is 0 Å². The van der Waals surface area contributed by atoms with E-state index in [0.717, 1.165) is 6.04 Å². The van der Waals surface area contributed by atoms with Gasteiger partial charge in [-0.05, 0) is 58.7 Å². The Kier molecular flexibility index (Phi) is 4.27. The number of nitrogens with zero attached hydrogens (tertiary/aromatic N) is 2. The highest BCUT2D eigenvalue weighted by molar-refractivity contribution is 5.13. The summed E-state index contributed by atoms with van der Waals surface area (Å²) in [4.78, 5) is 2.66. The van der Waals surface area contributed by atoms with Crippen molar-refractivity contribution in [2.45, 2.75) is 59.0 Å². The summed E-state index contributed by atoms with van der Waals surface area (Å²) >= 11 is 0. The average Bonchev–Trinajstić information content (AvgIpc) is 2.63. The SMILES string of the molecule is Cc1ccc(C)n1CCCN1CCCCC1C. The molecule has 2 nitrogen and oxygen atoms in total. The van der Waals surface area contributed by atoms with Crippen LogP contribution in [0.4, 0.5) is 0 Å². The fourth-order valence-electron chi connectivity index (χ4n) is 2.97. The predicted molar refractivity (Wildman–Crippen MR) is 73.4 cm³/mol. The normalized spacial score (nSPS) is 21.9. The van der Waals surface area contributed by atoms with Gasteiger partial charge in [0.15, 0.2) is 0 Å². The maximum absolute atomic E-state index is 2.66. The summed E-state index contributed by atoms with van der Waals surface area (Å²) in [5, 5.41) is 0. The van der Waals surface area contributed by atoms with E-state index in [2.05, 4.69) is 42.4 Å². The first-order valence-electron chi connectivity index (χ1n) is 7.05. The maximum Gasteiger partial charge on any atom is 0.0236 e. The lowest BCUT2D eigenvalue weighted by molar-refractivity contribution is 0.156. The summed E-state index contributed by atoms with van der Waals surface area (Å²) in [6.45, 7) is 10.5. The zero-order valence-electron chi connectivity index (χ0n) is 11.6. The lowest BCUT2D eigenvalue weighted by Crippen LogP contribution is -2.38. The molecule has 17 heavy (non-hydrogen) atoms. The maximum atomic E-state index is 2.66. The number of piperidine rings is 1. The molecule has 0 aliphatic carbocycles. The highest BCUT2D eigenvalue weighted by atomic mass is 15.2. The van der Waals surface area contributed by atoms with Crippen molar-refractivity contribution in [2.24, 2.45) is 0 Å². The zero-order valence-corrected chi connectivity index (χ0v) is 11.6. The van der Waals surface area contributed by atoms with Gasteiger partial charge in [-0.3, -0.25) is 0 Å². The van der Waals surface area contributed by atoms with Crippen LogP contribution in [0, 0.1) is 13.8 Å². The largest absolute Gasteiger partial charge is 0.349 e. The van der Waals surface area contributed by atoms with Crippen LogP contribution in [0.25, 0.3) is 0 Å². The highest BCUT2D eigenvalue weighted by Crippen LogP contribution is 2.17. The van der Waals surface area contributed by atoms with E-state index < -0.39 is 0 Å². The van der Waals surface area contributed by atoms with E-state index in [1.54, 1.807) is 0 Å². The fraction of sp³-hybridized carbons (Fsp3) is 0.733. The van der Waals surface area contributed by atoms with Crippen LogP contribution in [0.3, 0.4) is 0 Å². The van der Waals surface area contributed by atoms with Gasteiger partial charge in [0.05, 0.1) is 0 Å². The zero-order chi connectivity index (χ0) is 12.3. The lowest BCUT2D eigenvalue weighted by atomic mass is 10.0. The van der Waals surface area contributed by atoms with E-state index >= 15 is 0 Å². The molecule has 2 heterocycles. The molecular weight excluding hydrogens is 208 g/mol. The van der Waals surface area contributed by atoms with Gasteiger partial charge in [0.25, 0.3) is 0 Å². The first kappa shape index (κ1) is 12.7. The summed E-state index contributed by atoms with van der Waals surface area (Å²) < 4.78 is 2.44. The number of rotatable bonds is 4. The molecule has 2 heteroatoms. The molecule has 2 rings (SSSR count). The molecule has 1 unspecified atom stereocenters. The molecule has 1 aliphatic rings. The predicted octanol–water partition coefficient (Wildman–Crippen LogP) is 3.37. The van der Waals surface area contributed by atoms with Gasteiger partial charge in [0.1, 0.15) is 0 Å². The summed E-state index contributed by atoms with van der Waals surface area (Å²) in [6.07, 6.45) is 5.49. The Morgan fingerprint density at radius 3 is 2.47 bits per heavy atom. The Balaban J connectivity index is 1.79. The molecule has 0 spiro atoms. The van der Waals surface area contributed by atoms with Crippen LogP contribution < -0.4 is 0 Å². The van der Waals surface area contributed by atoms with Gasteiger partial charge in [-0.2, -0.15) is 0 Å². The van der Waals surface area contributed by atoms with Gasteiger partial charge in [-0.1, -0.05) is 6.42 Å². The van der Waals surface area contributed by atoms with Gasteiger partial charge in [-0.15, -0.1) is 0 Å². The van der Waals surface area contributed by atoms with Gasteiger partial charge < -0.3 is 9.47 Å². The number of aryl methyl sites for hydroxylation is 2. The van der Waals surface area contributed by atoms with Crippen molar-refractivity contribution >= 4 is 0 Å². The molecule has 1 saturated heterocycles. The smallest absolute Gasteiger partial charge is 0.0236 e. The van der Waals surface area contributed by atoms with Crippen molar-refractivity contribution in [2.75, 3.05) is 13.1 Å². The van der Waals surface area contributed by atoms with E-state index in [-0.39, 0.29) is 0 Å². The van der Waals surface area contributed by atoms with Crippen LogP contribution in [0.15, 0.2) is 12.1 Å². The molecule has 1 aliphatic heterocycles. The van der Waals surface area contributed by atoms with E-state index in [0.29, 0.717) is 0 Å². The van der Waals surface area contributed by atoms with E-state index in [4.69, 9.17) is 0 Å². The Labute approximate surface area is 106 Å². The quantitative estimate of drug-likeness (QED) is 0.775. The van der Waals surface area contributed by atoms with Crippen LogP contribution in [0.1, 0.15) is 44.0 Å². The first-order chi connectivity index (χ1) is 8.18. The van der Waals surface area contributed by atoms with Crippen LogP contribution in [-0.4, -0.2) is 28.6 Å². The topological polar surface area (TPSA) is 8.17 Å². The summed E-state index contributed by atoms with van der Waals surface area (Å²) in [6, 6.07) is 5.24. The molecule has 0 radical (unpaired) electrons. The molecule has 0 amide bonds. The van der Waals surface area contributed by atoms with Crippen molar-refractivity contribution in [1.29, 1.82) is 0 Å². The molecule has 1 aromatic heterocycles. The third-order valence-electron chi connectivity index (χ3n) is 4.18. The van der Waals surface area contributed by atoms with Crippen molar-refractivity contribution in [3.05, 3.63) is 23.5 Å². The average molecular weight is 234 g/mol. The van der Waals surface area contributed by atoms with Crippen molar-refractivity contribution in [1.82, 2.24) is 9.47 Å². The second kappa shape index (κ2) is 5.72. The molecule has 1 fully saturated rings. The van der Waals surface area contributed by atoms with Crippen LogP contribution >= 0.6 is 0 Å². The number of aromatic nitrogens is 1. The Morgan fingerprint density at radius 2 is 1.82 bits per heavy atom. The van der Waals surface area contributed by atoms with Crippen LogP contribution in [-0.2, 0) is 6.54 Å². The minimum absolute atomic E-state index is 0.801. The van der Waals surface area contributed by atoms with Crippen molar-refractivity contribution in [3.8, 4) is 0 Å². The Morgan fingerprint density at radius 1 is 1.12 bits per heavy atom. The third kappa shape index (κ3) is 3.12. The summed E-state index contributed by atoms with van der Waals surface area (Å²) in [5.41, 5.74) is 2.79. The van der Waals surface area contributed by atoms with Crippen LogP contribution in [0.5, 0.6) is 0 Å². The summed E-state index contributed by atoms with van der Waals surface area (Å²) in [7, 11) is 0. The van der Waals surface area contributed by atoms with E-state index in [1.807, 2.05) is 0 Å². The minimum atomic E-state index is 0.801. The monoisotopic (exact) mass is 234 g/mol. The number of likely N-dealkylation sites (tertiary alicyclic amines) is 1. The van der Waals surface area contributed by atoms with Crippen molar-refractivity contribution < 1.29 is 0 Å². The first-order valence-corrected chi connectivity index (χ1v) is 7.05. The van der Waals surface area contributed by atoms with Crippen molar-refractivity contribution in [3.63, 3.8) is 0 Å². The molecule has 0 aromatic carbocycles. The Hall–Kier alpha value is -0.760. The molecule has 96 valence electrons. The standard InChI is InChI=1S/C15H26N2/c1-13-7-4-5-10-16(13)11-6-12-17-14(2)8-9-15(17)3/h8-9,13H,4-7,10-12H2,1-3H3. The van der Waals surface area contributed by atoms with Gasteiger partial charge in [0.2, 0.25) is 0 Å². The molecular formula is C15H26N2. The lowest BCUT2D eigenvalue weighted by Gasteiger charge is -2.33. The number of hydrogen-bond donors (Lipinski definition) is 0. The van der Waals surface area contributed by atoms with Gasteiger partial charge >= 0.3 is 0 Å². The van der Waals surface area contributed by atoms with E-state index in [9.17, 15) is 0 Å². The Bertz CT molecular complexity index is 334. The second-order valence-electron chi connectivity index (χ2n) is 5.50. The molecule has 1 atom stereocenters. The minimum Gasteiger partial charge on any atom is -0.349 e. The van der Waals surface area contributed by atoms with Gasteiger partial charge in [-0.25, -0.2) is 0 Å². The van der Waals surface area contributed by atoms with Gasteiger partial charge in [0, 0.05) is 30.5 Å². The highest BCUT2D eigenvalue weighted by Gasteiger charge is 2.17.